The van der Waals surface area contributed by atoms with E-state index in [2.05, 4.69) is 16.2 Å². The molecule has 5 nitrogen and oxygen atoms in total. The summed E-state index contributed by atoms with van der Waals surface area (Å²) in [5.41, 5.74) is 0. The maximum Gasteiger partial charge on any atom is 0.231 e. The average Bonchev–Trinajstić information content (AvgIpc) is 2.73. The molecule has 5 heteroatoms. The highest BCUT2D eigenvalue weighted by molar-refractivity contribution is 5.16. The van der Waals surface area contributed by atoms with Crippen LogP contribution >= 0.6 is 0 Å². The third-order valence-electron chi connectivity index (χ3n) is 3.03. The van der Waals surface area contributed by atoms with E-state index in [-0.39, 0.29) is 17.8 Å². The summed E-state index contributed by atoms with van der Waals surface area (Å²) in [6.45, 7) is 1.46. The number of ether oxygens (including phenoxy) is 1. The van der Waals surface area contributed by atoms with Gasteiger partial charge in [-0.3, -0.25) is 0 Å². The van der Waals surface area contributed by atoms with Crippen molar-refractivity contribution in [1.82, 2.24) is 10.1 Å². The molecule has 0 N–H and O–H groups in total. The number of aromatic nitrogens is 2. The fraction of sp³-hybridized carbons (Fsp3) is 0.700. The van der Waals surface area contributed by atoms with Gasteiger partial charge < -0.3 is 9.26 Å². The van der Waals surface area contributed by atoms with Gasteiger partial charge in [0.2, 0.25) is 5.89 Å². The number of hydrogen-bond acceptors (Lipinski definition) is 5. The molecule has 2 aliphatic rings. The summed E-state index contributed by atoms with van der Waals surface area (Å²) in [5.74, 6) is 1.91. The Kier molecular flexibility index (Phi) is 1.96. The lowest BCUT2D eigenvalue weighted by Gasteiger charge is -1.97. The lowest BCUT2D eigenvalue weighted by molar-refractivity contribution is 0.192. The molecule has 78 valence electrons. The van der Waals surface area contributed by atoms with Crippen molar-refractivity contribution in [2.24, 2.45) is 5.92 Å². The zero-order valence-electron chi connectivity index (χ0n) is 8.22. The first-order valence-electron chi connectivity index (χ1n) is 5.19. The van der Waals surface area contributed by atoms with E-state index < -0.39 is 0 Å². The second-order valence-electron chi connectivity index (χ2n) is 4.13. The molecule has 1 aromatic heterocycles. The predicted molar refractivity (Wildman–Crippen MR) is 48.9 cm³/mol. The van der Waals surface area contributed by atoms with E-state index in [1.54, 1.807) is 0 Å². The van der Waals surface area contributed by atoms with Gasteiger partial charge in [0.15, 0.2) is 5.82 Å². The topological polar surface area (TPSA) is 71.9 Å². The summed E-state index contributed by atoms with van der Waals surface area (Å²) in [5, 5.41) is 12.6. The van der Waals surface area contributed by atoms with Crippen LogP contribution in [0.25, 0.3) is 0 Å². The minimum atomic E-state index is 0.0816. The van der Waals surface area contributed by atoms with Crippen LogP contribution in [-0.2, 0) is 4.74 Å². The Hall–Kier alpha value is -1.41. The van der Waals surface area contributed by atoms with Crippen LogP contribution in [0.15, 0.2) is 4.52 Å². The zero-order valence-corrected chi connectivity index (χ0v) is 8.22. The van der Waals surface area contributed by atoms with Gasteiger partial charge in [0, 0.05) is 12.5 Å². The molecule has 0 amide bonds. The Bertz CT molecular complexity index is 403. The fourth-order valence-electron chi connectivity index (χ4n) is 1.91. The summed E-state index contributed by atoms with van der Waals surface area (Å²) < 4.78 is 10.4. The van der Waals surface area contributed by atoms with Crippen molar-refractivity contribution < 1.29 is 9.26 Å². The Labute approximate surface area is 87.0 Å². The van der Waals surface area contributed by atoms with Crippen LogP contribution in [0.4, 0.5) is 0 Å². The van der Waals surface area contributed by atoms with E-state index in [1.807, 2.05) is 0 Å². The van der Waals surface area contributed by atoms with Crippen LogP contribution in [-0.4, -0.2) is 23.4 Å². The third-order valence-corrected chi connectivity index (χ3v) is 3.03. The minimum Gasteiger partial charge on any atom is -0.381 e. The van der Waals surface area contributed by atoms with Gasteiger partial charge in [-0.05, 0) is 12.8 Å². The second kappa shape index (κ2) is 3.31. The van der Waals surface area contributed by atoms with Crippen molar-refractivity contribution >= 4 is 0 Å². The van der Waals surface area contributed by atoms with E-state index in [0.717, 1.165) is 25.3 Å². The van der Waals surface area contributed by atoms with Gasteiger partial charge in [0.05, 0.1) is 24.5 Å². The van der Waals surface area contributed by atoms with E-state index in [0.29, 0.717) is 12.5 Å². The molecule has 3 unspecified atom stereocenters. The van der Waals surface area contributed by atoms with Crippen molar-refractivity contribution in [3.63, 3.8) is 0 Å². The van der Waals surface area contributed by atoms with Crippen molar-refractivity contribution in [2.45, 2.75) is 24.7 Å². The molecule has 0 aromatic carbocycles. The maximum absolute atomic E-state index is 8.70. The zero-order chi connectivity index (χ0) is 10.3. The highest BCUT2D eigenvalue weighted by Crippen LogP contribution is 2.46. The first-order valence-corrected chi connectivity index (χ1v) is 5.19. The van der Waals surface area contributed by atoms with Crippen LogP contribution < -0.4 is 0 Å². The molecular formula is C10H11N3O2. The number of nitrogens with zero attached hydrogens (tertiary/aromatic N) is 3. The van der Waals surface area contributed by atoms with E-state index >= 15 is 0 Å². The van der Waals surface area contributed by atoms with Crippen molar-refractivity contribution in [3.8, 4) is 6.07 Å². The molecule has 0 spiro atoms. The number of rotatable bonds is 2. The summed E-state index contributed by atoms with van der Waals surface area (Å²) >= 11 is 0. The van der Waals surface area contributed by atoms with Crippen LogP contribution in [0, 0.1) is 17.2 Å². The molecule has 0 bridgehead atoms. The molecule has 2 heterocycles. The normalized spacial score (nSPS) is 33.9. The smallest absolute Gasteiger partial charge is 0.231 e. The summed E-state index contributed by atoms with van der Waals surface area (Å²) in [6.07, 6.45) is 1.82. The van der Waals surface area contributed by atoms with Gasteiger partial charge in [0.25, 0.3) is 0 Å². The molecule has 3 rings (SSSR count). The Morgan fingerprint density at radius 1 is 1.47 bits per heavy atom. The van der Waals surface area contributed by atoms with Gasteiger partial charge in [-0.15, -0.1) is 0 Å². The van der Waals surface area contributed by atoms with Gasteiger partial charge in [-0.25, -0.2) is 0 Å². The monoisotopic (exact) mass is 205 g/mol. The van der Waals surface area contributed by atoms with Gasteiger partial charge in [-0.2, -0.15) is 10.2 Å². The number of hydrogen-bond donors (Lipinski definition) is 0. The standard InChI is InChI=1S/C10H11N3O2/c11-4-7-3-8(7)10-12-9(13-15-10)6-1-2-14-5-6/h6-8H,1-3,5H2. The summed E-state index contributed by atoms with van der Waals surface area (Å²) in [6, 6.07) is 2.21. The molecule has 1 aliphatic heterocycles. The van der Waals surface area contributed by atoms with Crippen LogP contribution in [0.2, 0.25) is 0 Å². The highest BCUT2D eigenvalue weighted by atomic mass is 16.5. The van der Waals surface area contributed by atoms with Crippen LogP contribution in [0.1, 0.15) is 36.4 Å². The SMILES string of the molecule is N#CC1CC1c1nc(C2CCOC2)no1. The third kappa shape index (κ3) is 1.51. The predicted octanol–water partition coefficient (Wildman–Crippen LogP) is 1.20. The van der Waals surface area contributed by atoms with Crippen LogP contribution in [0.5, 0.6) is 0 Å². The molecule has 15 heavy (non-hydrogen) atoms. The van der Waals surface area contributed by atoms with Crippen molar-refractivity contribution in [1.29, 1.82) is 5.26 Å². The molecule has 0 radical (unpaired) electrons. The first-order chi connectivity index (χ1) is 7.38. The first kappa shape index (κ1) is 8.86. The molecule has 1 saturated heterocycles. The lowest BCUT2D eigenvalue weighted by atomic mass is 10.1. The molecule has 3 atom stereocenters. The van der Waals surface area contributed by atoms with E-state index in [1.165, 1.54) is 0 Å². The number of nitriles is 1. The van der Waals surface area contributed by atoms with Crippen molar-refractivity contribution in [3.05, 3.63) is 11.7 Å². The molecule has 1 saturated carbocycles. The van der Waals surface area contributed by atoms with Gasteiger partial charge >= 0.3 is 0 Å². The molecule has 1 aliphatic carbocycles. The van der Waals surface area contributed by atoms with Crippen molar-refractivity contribution in [2.75, 3.05) is 13.2 Å². The van der Waals surface area contributed by atoms with E-state index in [4.69, 9.17) is 14.5 Å². The minimum absolute atomic E-state index is 0.0816. The fourth-order valence-corrected chi connectivity index (χ4v) is 1.91. The maximum atomic E-state index is 8.70. The Morgan fingerprint density at radius 3 is 3.07 bits per heavy atom. The van der Waals surface area contributed by atoms with Gasteiger partial charge in [0.1, 0.15) is 0 Å². The molecule has 2 fully saturated rings. The highest BCUT2D eigenvalue weighted by Gasteiger charge is 2.43. The Balaban J connectivity index is 1.74. The summed E-state index contributed by atoms with van der Waals surface area (Å²) in [4.78, 5) is 4.34. The lowest BCUT2D eigenvalue weighted by Crippen LogP contribution is -1.99. The Morgan fingerprint density at radius 2 is 2.40 bits per heavy atom. The quantitative estimate of drug-likeness (QED) is 0.725. The molecular weight excluding hydrogens is 194 g/mol. The summed E-state index contributed by atoms with van der Waals surface area (Å²) in [7, 11) is 0. The molecule has 1 aromatic rings. The average molecular weight is 205 g/mol. The van der Waals surface area contributed by atoms with Gasteiger partial charge in [-0.1, -0.05) is 5.16 Å². The second-order valence-corrected chi connectivity index (χ2v) is 4.13. The largest absolute Gasteiger partial charge is 0.381 e. The van der Waals surface area contributed by atoms with Crippen LogP contribution in [0.3, 0.4) is 0 Å². The van der Waals surface area contributed by atoms with E-state index in [9.17, 15) is 0 Å².